The number of nitrogens with zero attached hydrogens (tertiary/aromatic N) is 1. The third kappa shape index (κ3) is 5.23. The number of amides is 2. The predicted molar refractivity (Wildman–Crippen MR) is 96.7 cm³/mol. The average molecular weight is 324 g/mol. The SMILES string of the molecule is CC(NC(=O)CCCC(=O)N(C)c1ccccc1)c1ccccc1. The number of nitrogens with one attached hydrogen (secondary N) is 1. The van der Waals surface area contributed by atoms with Gasteiger partial charge in [-0.25, -0.2) is 0 Å². The lowest BCUT2D eigenvalue weighted by Crippen LogP contribution is -2.28. The standard InChI is InChI=1S/C20H24N2O2/c1-16(17-10-5-3-6-11-17)21-19(23)14-9-15-20(24)22(2)18-12-7-4-8-13-18/h3-8,10-13,16H,9,14-15H2,1-2H3,(H,21,23). The smallest absolute Gasteiger partial charge is 0.226 e. The van der Waals surface area contributed by atoms with Crippen molar-refractivity contribution in [3.8, 4) is 0 Å². The van der Waals surface area contributed by atoms with E-state index in [0.717, 1.165) is 11.3 Å². The zero-order chi connectivity index (χ0) is 17.4. The maximum absolute atomic E-state index is 12.2. The fourth-order valence-corrected chi connectivity index (χ4v) is 2.50. The summed E-state index contributed by atoms with van der Waals surface area (Å²) >= 11 is 0. The van der Waals surface area contributed by atoms with Gasteiger partial charge in [-0.2, -0.15) is 0 Å². The first-order chi connectivity index (χ1) is 11.6. The Balaban J connectivity index is 1.73. The first-order valence-corrected chi connectivity index (χ1v) is 8.24. The van der Waals surface area contributed by atoms with E-state index in [4.69, 9.17) is 0 Å². The van der Waals surface area contributed by atoms with Crippen molar-refractivity contribution in [1.82, 2.24) is 5.32 Å². The van der Waals surface area contributed by atoms with Crippen LogP contribution < -0.4 is 10.2 Å². The summed E-state index contributed by atoms with van der Waals surface area (Å²) in [7, 11) is 1.76. The first kappa shape index (κ1) is 17.7. The van der Waals surface area contributed by atoms with Crippen LogP contribution in [0.15, 0.2) is 60.7 Å². The Kier molecular flexibility index (Phi) is 6.55. The Morgan fingerprint density at radius 1 is 0.958 bits per heavy atom. The molecule has 1 atom stereocenters. The lowest BCUT2D eigenvalue weighted by molar-refractivity contribution is -0.122. The minimum absolute atomic E-state index is 0.0186. The van der Waals surface area contributed by atoms with E-state index in [1.54, 1.807) is 11.9 Å². The van der Waals surface area contributed by atoms with Gasteiger partial charge in [0, 0.05) is 25.6 Å². The van der Waals surface area contributed by atoms with Crippen LogP contribution >= 0.6 is 0 Å². The highest BCUT2D eigenvalue weighted by Gasteiger charge is 2.13. The number of benzene rings is 2. The molecule has 1 unspecified atom stereocenters. The molecule has 0 fully saturated rings. The van der Waals surface area contributed by atoms with Gasteiger partial charge in [0.25, 0.3) is 0 Å². The number of carbonyl (C=O) groups excluding carboxylic acids is 2. The second-order valence-electron chi connectivity index (χ2n) is 5.84. The lowest BCUT2D eigenvalue weighted by Gasteiger charge is -2.17. The molecule has 0 aromatic heterocycles. The molecule has 1 N–H and O–H groups in total. The topological polar surface area (TPSA) is 49.4 Å². The van der Waals surface area contributed by atoms with E-state index in [2.05, 4.69) is 5.32 Å². The molecule has 2 aromatic rings. The third-order valence-electron chi connectivity index (χ3n) is 3.99. The fraction of sp³-hybridized carbons (Fsp3) is 0.300. The van der Waals surface area contributed by atoms with Gasteiger partial charge >= 0.3 is 0 Å². The molecule has 24 heavy (non-hydrogen) atoms. The van der Waals surface area contributed by atoms with E-state index < -0.39 is 0 Å². The maximum atomic E-state index is 12.2. The predicted octanol–water partition coefficient (Wildman–Crippen LogP) is 3.70. The lowest BCUT2D eigenvalue weighted by atomic mass is 10.1. The Morgan fingerprint density at radius 2 is 1.54 bits per heavy atom. The van der Waals surface area contributed by atoms with Crippen molar-refractivity contribution in [2.45, 2.75) is 32.2 Å². The molecule has 0 aliphatic carbocycles. The summed E-state index contributed by atoms with van der Waals surface area (Å²) in [6, 6.07) is 19.3. The molecule has 0 saturated heterocycles. The molecule has 2 aromatic carbocycles. The van der Waals surface area contributed by atoms with Gasteiger partial charge in [-0.3, -0.25) is 9.59 Å². The van der Waals surface area contributed by atoms with Gasteiger partial charge in [0.05, 0.1) is 6.04 Å². The number of para-hydroxylation sites is 1. The van der Waals surface area contributed by atoms with Crippen LogP contribution in [0.4, 0.5) is 5.69 Å². The van der Waals surface area contributed by atoms with E-state index in [1.165, 1.54) is 0 Å². The summed E-state index contributed by atoms with van der Waals surface area (Å²) in [4.78, 5) is 25.8. The van der Waals surface area contributed by atoms with Crippen molar-refractivity contribution in [2.75, 3.05) is 11.9 Å². The van der Waals surface area contributed by atoms with Crippen LogP contribution in [0, 0.1) is 0 Å². The maximum Gasteiger partial charge on any atom is 0.226 e. The Labute approximate surface area is 143 Å². The number of rotatable bonds is 7. The van der Waals surface area contributed by atoms with Gasteiger partial charge in [-0.05, 0) is 31.0 Å². The van der Waals surface area contributed by atoms with Crippen LogP contribution in [0.25, 0.3) is 0 Å². The van der Waals surface area contributed by atoms with Gasteiger partial charge in [-0.15, -0.1) is 0 Å². The summed E-state index contributed by atoms with van der Waals surface area (Å²) in [5, 5.41) is 2.97. The zero-order valence-corrected chi connectivity index (χ0v) is 14.2. The molecular formula is C20H24N2O2. The Bertz CT molecular complexity index is 656. The molecule has 2 rings (SSSR count). The fourth-order valence-electron chi connectivity index (χ4n) is 2.50. The number of hydrogen-bond acceptors (Lipinski definition) is 2. The van der Waals surface area contributed by atoms with Gasteiger partial charge in [0.2, 0.25) is 11.8 Å². The molecule has 2 amide bonds. The minimum atomic E-state index is -0.0265. The van der Waals surface area contributed by atoms with Crippen LogP contribution in [0.3, 0.4) is 0 Å². The Hall–Kier alpha value is -2.62. The number of anilines is 1. The summed E-state index contributed by atoms with van der Waals surface area (Å²) in [5.74, 6) is -0.00775. The molecule has 0 radical (unpaired) electrons. The highest BCUT2D eigenvalue weighted by Crippen LogP contribution is 2.14. The van der Waals surface area contributed by atoms with E-state index in [1.807, 2.05) is 67.6 Å². The van der Waals surface area contributed by atoms with Crippen molar-refractivity contribution in [3.63, 3.8) is 0 Å². The summed E-state index contributed by atoms with van der Waals surface area (Å²) in [6.45, 7) is 1.96. The molecule has 0 aliphatic heterocycles. The van der Waals surface area contributed by atoms with E-state index in [9.17, 15) is 9.59 Å². The van der Waals surface area contributed by atoms with E-state index in [-0.39, 0.29) is 17.9 Å². The summed E-state index contributed by atoms with van der Waals surface area (Å²) in [6.07, 6.45) is 1.26. The molecule has 0 spiro atoms. The third-order valence-corrected chi connectivity index (χ3v) is 3.99. The molecule has 4 nitrogen and oxygen atoms in total. The van der Waals surface area contributed by atoms with Crippen molar-refractivity contribution in [1.29, 1.82) is 0 Å². The minimum Gasteiger partial charge on any atom is -0.350 e. The van der Waals surface area contributed by atoms with Crippen LogP contribution in [-0.2, 0) is 9.59 Å². The van der Waals surface area contributed by atoms with Crippen LogP contribution in [0.1, 0.15) is 37.8 Å². The zero-order valence-electron chi connectivity index (χ0n) is 14.2. The van der Waals surface area contributed by atoms with Crippen molar-refractivity contribution >= 4 is 17.5 Å². The normalized spacial score (nSPS) is 11.6. The van der Waals surface area contributed by atoms with Crippen LogP contribution in [0.5, 0.6) is 0 Å². The van der Waals surface area contributed by atoms with Gasteiger partial charge < -0.3 is 10.2 Å². The van der Waals surface area contributed by atoms with Crippen molar-refractivity contribution in [2.24, 2.45) is 0 Å². The van der Waals surface area contributed by atoms with E-state index >= 15 is 0 Å². The molecule has 4 heteroatoms. The molecule has 0 bridgehead atoms. The first-order valence-electron chi connectivity index (χ1n) is 8.24. The van der Waals surface area contributed by atoms with Crippen molar-refractivity contribution in [3.05, 3.63) is 66.2 Å². The van der Waals surface area contributed by atoms with Gasteiger partial charge in [0.1, 0.15) is 0 Å². The quantitative estimate of drug-likeness (QED) is 0.844. The number of carbonyl (C=O) groups is 2. The second-order valence-corrected chi connectivity index (χ2v) is 5.84. The molecule has 0 saturated carbocycles. The Morgan fingerprint density at radius 3 is 2.17 bits per heavy atom. The molecular weight excluding hydrogens is 300 g/mol. The second kappa shape index (κ2) is 8.87. The molecule has 0 aliphatic rings. The number of hydrogen-bond donors (Lipinski definition) is 1. The van der Waals surface area contributed by atoms with E-state index in [0.29, 0.717) is 19.3 Å². The van der Waals surface area contributed by atoms with Gasteiger partial charge in [0.15, 0.2) is 0 Å². The van der Waals surface area contributed by atoms with Crippen molar-refractivity contribution < 1.29 is 9.59 Å². The molecule has 126 valence electrons. The molecule has 0 heterocycles. The highest BCUT2D eigenvalue weighted by molar-refractivity contribution is 5.93. The highest BCUT2D eigenvalue weighted by atomic mass is 16.2. The average Bonchev–Trinajstić information content (AvgIpc) is 2.62. The largest absolute Gasteiger partial charge is 0.350 e. The monoisotopic (exact) mass is 324 g/mol. The van der Waals surface area contributed by atoms with Crippen LogP contribution in [0.2, 0.25) is 0 Å². The summed E-state index contributed by atoms with van der Waals surface area (Å²) < 4.78 is 0. The summed E-state index contributed by atoms with van der Waals surface area (Å²) in [5.41, 5.74) is 1.94. The van der Waals surface area contributed by atoms with Crippen LogP contribution in [-0.4, -0.2) is 18.9 Å². The van der Waals surface area contributed by atoms with Gasteiger partial charge in [-0.1, -0.05) is 48.5 Å².